The Labute approximate surface area is 102 Å². The van der Waals surface area contributed by atoms with Gasteiger partial charge in [0.15, 0.2) is 0 Å². The van der Waals surface area contributed by atoms with E-state index in [0.29, 0.717) is 32.7 Å². The lowest BCUT2D eigenvalue weighted by atomic mass is 9.94. The normalized spacial score (nSPS) is 11.2. The number of nitrogens with one attached hydrogen (secondary N) is 2. The fraction of sp³-hybridized carbons (Fsp3) is 0.818. The van der Waals surface area contributed by atoms with Gasteiger partial charge in [-0.25, -0.2) is 0 Å². The van der Waals surface area contributed by atoms with Crippen LogP contribution in [0.5, 0.6) is 0 Å². The minimum Gasteiger partial charge on any atom is -0.481 e. The minimum atomic E-state index is -0.852. The van der Waals surface area contributed by atoms with E-state index in [9.17, 15) is 9.59 Å². The van der Waals surface area contributed by atoms with Gasteiger partial charge in [-0.1, -0.05) is 0 Å². The number of hydrogen-bond donors (Lipinski definition) is 3. The molecule has 0 heterocycles. The fourth-order valence-electron chi connectivity index (χ4n) is 1.06. The molecule has 3 N–H and O–H groups in total. The first-order valence-corrected chi connectivity index (χ1v) is 5.60. The van der Waals surface area contributed by atoms with Crippen LogP contribution < -0.4 is 10.6 Å². The van der Waals surface area contributed by atoms with Crippen LogP contribution in [0.2, 0.25) is 0 Å². The van der Waals surface area contributed by atoms with Gasteiger partial charge in [-0.05, 0) is 13.8 Å². The molecular weight excluding hydrogens is 224 g/mol. The van der Waals surface area contributed by atoms with Crippen molar-refractivity contribution in [3.63, 3.8) is 0 Å². The summed E-state index contributed by atoms with van der Waals surface area (Å²) in [6.07, 6.45) is 0.333. The summed E-state index contributed by atoms with van der Waals surface area (Å²) in [6.45, 7) is 5.08. The van der Waals surface area contributed by atoms with Gasteiger partial charge in [0.2, 0.25) is 5.91 Å². The van der Waals surface area contributed by atoms with Gasteiger partial charge in [-0.3, -0.25) is 9.59 Å². The highest BCUT2D eigenvalue weighted by atomic mass is 16.5. The first kappa shape index (κ1) is 15.9. The number of amides is 1. The lowest BCUT2D eigenvalue weighted by Gasteiger charge is -2.19. The van der Waals surface area contributed by atoms with E-state index in [-0.39, 0.29) is 5.91 Å². The molecule has 0 aromatic carbocycles. The number of aliphatic carboxylic acids is 1. The maximum Gasteiger partial charge on any atom is 0.310 e. The van der Waals surface area contributed by atoms with Crippen LogP contribution in [0.1, 0.15) is 20.3 Å². The van der Waals surface area contributed by atoms with Crippen molar-refractivity contribution in [2.24, 2.45) is 5.41 Å². The second-order valence-corrected chi connectivity index (χ2v) is 4.46. The van der Waals surface area contributed by atoms with Gasteiger partial charge in [-0.2, -0.15) is 0 Å². The Kier molecular flexibility index (Phi) is 7.49. The molecule has 0 saturated heterocycles. The van der Waals surface area contributed by atoms with E-state index in [1.54, 1.807) is 21.0 Å². The molecule has 0 radical (unpaired) electrons. The standard InChI is InChI=1S/C11H22N2O4/c1-11(2,10(15)16)8-12-5-4-9(14)13-6-7-17-3/h12H,4-8H2,1-3H3,(H,13,14)(H,15,16). The van der Waals surface area contributed by atoms with Crippen LogP contribution in [-0.4, -0.2) is 50.3 Å². The Morgan fingerprint density at radius 2 is 1.94 bits per heavy atom. The molecule has 0 saturated carbocycles. The zero-order chi connectivity index (χ0) is 13.3. The molecule has 0 fully saturated rings. The second-order valence-electron chi connectivity index (χ2n) is 4.46. The van der Waals surface area contributed by atoms with E-state index in [1.165, 1.54) is 0 Å². The minimum absolute atomic E-state index is 0.0670. The molecular formula is C11H22N2O4. The van der Waals surface area contributed by atoms with Crippen LogP contribution in [0.25, 0.3) is 0 Å². The number of hydrogen-bond acceptors (Lipinski definition) is 4. The predicted octanol–water partition coefficient (Wildman–Crippen LogP) is -0.160. The summed E-state index contributed by atoms with van der Waals surface area (Å²) >= 11 is 0. The Bertz CT molecular complexity index is 254. The number of carbonyl (C=O) groups excluding carboxylic acids is 1. The molecule has 0 aliphatic rings. The average molecular weight is 246 g/mol. The zero-order valence-electron chi connectivity index (χ0n) is 10.7. The third-order valence-corrected chi connectivity index (χ3v) is 2.30. The lowest BCUT2D eigenvalue weighted by Crippen LogP contribution is -2.38. The fourth-order valence-corrected chi connectivity index (χ4v) is 1.06. The van der Waals surface area contributed by atoms with Crippen LogP contribution in [0, 0.1) is 5.41 Å². The average Bonchev–Trinajstić information content (AvgIpc) is 2.24. The molecule has 100 valence electrons. The van der Waals surface area contributed by atoms with Gasteiger partial charge in [0.25, 0.3) is 0 Å². The van der Waals surface area contributed by atoms with Crippen LogP contribution >= 0.6 is 0 Å². The highest BCUT2D eigenvalue weighted by Crippen LogP contribution is 2.12. The molecule has 0 aromatic rings. The molecule has 0 aliphatic carbocycles. The van der Waals surface area contributed by atoms with E-state index in [2.05, 4.69) is 10.6 Å². The summed E-state index contributed by atoms with van der Waals surface area (Å²) in [7, 11) is 1.57. The lowest BCUT2D eigenvalue weighted by molar-refractivity contribution is -0.146. The molecule has 0 spiro atoms. The number of ether oxygens (including phenoxy) is 1. The van der Waals surface area contributed by atoms with Gasteiger partial charge in [0.1, 0.15) is 0 Å². The maximum absolute atomic E-state index is 11.3. The van der Waals surface area contributed by atoms with Crippen LogP contribution in [-0.2, 0) is 14.3 Å². The Morgan fingerprint density at radius 1 is 1.29 bits per heavy atom. The van der Waals surface area contributed by atoms with Gasteiger partial charge >= 0.3 is 5.97 Å². The van der Waals surface area contributed by atoms with E-state index >= 15 is 0 Å². The van der Waals surface area contributed by atoms with Crippen LogP contribution in [0.3, 0.4) is 0 Å². The van der Waals surface area contributed by atoms with Crippen molar-refractivity contribution in [1.82, 2.24) is 10.6 Å². The number of rotatable bonds is 9. The predicted molar refractivity (Wildman–Crippen MR) is 63.8 cm³/mol. The largest absolute Gasteiger partial charge is 0.481 e. The third kappa shape index (κ3) is 7.70. The molecule has 0 rings (SSSR count). The molecule has 0 unspecified atom stereocenters. The van der Waals surface area contributed by atoms with Crippen molar-refractivity contribution < 1.29 is 19.4 Å². The summed E-state index contributed by atoms with van der Waals surface area (Å²) in [5.74, 6) is -0.919. The second kappa shape index (κ2) is 8.03. The molecule has 0 atom stereocenters. The monoisotopic (exact) mass is 246 g/mol. The molecule has 0 bridgehead atoms. The van der Waals surface area contributed by atoms with Gasteiger partial charge in [0, 0.05) is 33.2 Å². The van der Waals surface area contributed by atoms with Gasteiger partial charge in [-0.15, -0.1) is 0 Å². The smallest absolute Gasteiger partial charge is 0.310 e. The van der Waals surface area contributed by atoms with Crippen LogP contribution in [0.15, 0.2) is 0 Å². The third-order valence-electron chi connectivity index (χ3n) is 2.30. The molecule has 17 heavy (non-hydrogen) atoms. The van der Waals surface area contributed by atoms with Crippen molar-refractivity contribution in [3.8, 4) is 0 Å². The van der Waals surface area contributed by atoms with Crippen molar-refractivity contribution >= 4 is 11.9 Å². The number of carbonyl (C=O) groups is 2. The van der Waals surface area contributed by atoms with Crippen molar-refractivity contribution in [2.75, 3.05) is 33.4 Å². The summed E-state index contributed by atoms with van der Waals surface area (Å²) < 4.78 is 4.79. The number of carboxylic acids is 1. The Hall–Kier alpha value is -1.14. The van der Waals surface area contributed by atoms with E-state index in [4.69, 9.17) is 9.84 Å². The summed E-state index contributed by atoms with van der Waals surface area (Å²) in [4.78, 5) is 22.0. The summed E-state index contributed by atoms with van der Waals surface area (Å²) in [6, 6.07) is 0. The van der Waals surface area contributed by atoms with E-state index in [0.717, 1.165) is 0 Å². The molecule has 0 aliphatic heterocycles. The first-order chi connectivity index (χ1) is 7.90. The SMILES string of the molecule is COCCNC(=O)CCNCC(C)(C)C(=O)O. The highest BCUT2D eigenvalue weighted by molar-refractivity contribution is 5.76. The van der Waals surface area contributed by atoms with Crippen molar-refractivity contribution in [1.29, 1.82) is 0 Å². The Balaban J connectivity index is 3.57. The van der Waals surface area contributed by atoms with Crippen LogP contribution in [0.4, 0.5) is 0 Å². The van der Waals surface area contributed by atoms with Gasteiger partial charge in [0.05, 0.1) is 12.0 Å². The van der Waals surface area contributed by atoms with E-state index in [1.807, 2.05) is 0 Å². The first-order valence-electron chi connectivity index (χ1n) is 5.60. The highest BCUT2D eigenvalue weighted by Gasteiger charge is 2.26. The molecule has 0 aromatic heterocycles. The summed E-state index contributed by atoms with van der Waals surface area (Å²) in [5.41, 5.74) is -0.813. The molecule has 1 amide bonds. The van der Waals surface area contributed by atoms with Gasteiger partial charge < -0.3 is 20.5 Å². The quantitative estimate of drug-likeness (QED) is 0.492. The molecule has 6 heteroatoms. The number of methoxy groups -OCH3 is 1. The zero-order valence-corrected chi connectivity index (χ0v) is 10.7. The molecule has 6 nitrogen and oxygen atoms in total. The summed E-state index contributed by atoms with van der Waals surface area (Å²) in [5, 5.41) is 14.5. The van der Waals surface area contributed by atoms with E-state index < -0.39 is 11.4 Å². The Morgan fingerprint density at radius 3 is 2.47 bits per heavy atom. The maximum atomic E-state index is 11.3. The topological polar surface area (TPSA) is 87.7 Å². The van der Waals surface area contributed by atoms with Crippen molar-refractivity contribution in [3.05, 3.63) is 0 Å². The number of carboxylic acid groups (broad SMARTS) is 1. The van der Waals surface area contributed by atoms with Crippen molar-refractivity contribution in [2.45, 2.75) is 20.3 Å².